The van der Waals surface area contributed by atoms with Crippen molar-refractivity contribution in [1.82, 2.24) is 0 Å². The van der Waals surface area contributed by atoms with Gasteiger partial charge in [0.2, 0.25) is 0 Å². The van der Waals surface area contributed by atoms with Gasteiger partial charge in [-0.05, 0) is 0 Å². The zero-order valence-electron chi connectivity index (χ0n) is 4.18. The summed E-state index contributed by atoms with van der Waals surface area (Å²) in [5.74, 6) is 0.523. The first kappa shape index (κ1) is 6.98. The third kappa shape index (κ3) is 5.98. The average Bonchev–Trinajstić information content (AvgIpc) is 1.61. The highest BCUT2D eigenvalue weighted by Crippen LogP contribution is 1.97. The van der Waals surface area contributed by atoms with E-state index in [1.54, 1.807) is 0 Å². The van der Waals surface area contributed by atoms with Gasteiger partial charge in [-0.15, -0.1) is 0 Å². The largest absolute Gasteiger partial charge is 0.396 e. The van der Waals surface area contributed by atoms with Crippen LogP contribution in [0.15, 0.2) is 0 Å². The summed E-state index contributed by atoms with van der Waals surface area (Å²) < 4.78 is 0. The molecule has 2 nitrogen and oxygen atoms in total. The molecular formula is C4H8O2S. The molecule has 0 saturated heterocycles. The zero-order valence-corrected chi connectivity index (χ0v) is 4.99. The molecule has 0 atom stereocenters. The molecule has 0 bridgehead atoms. The SMILES string of the molecule is CC(=O)SCCO. The predicted molar refractivity (Wildman–Crippen MR) is 30.2 cm³/mol. The van der Waals surface area contributed by atoms with E-state index in [0.29, 0.717) is 5.75 Å². The number of aliphatic hydroxyl groups excluding tert-OH is 1. The molecule has 0 rings (SSSR count). The molecule has 0 radical (unpaired) electrons. The summed E-state index contributed by atoms with van der Waals surface area (Å²) in [6.07, 6.45) is 0. The molecule has 0 unspecified atom stereocenters. The lowest BCUT2D eigenvalue weighted by Gasteiger charge is -1.86. The number of aliphatic hydroxyl groups is 1. The van der Waals surface area contributed by atoms with Crippen LogP contribution in [-0.4, -0.2) is 22.6 Å². The van der Waals surface area contributed by atoms with Crippen molar-refractivity contribution < 1.29 is 9.90 Å². The van der Waals surface area contributed by atoms with Crippen molar-refractivity contribution in [3.8, 4) is 0 Å². The minimum atomic E-state index is 0.0639. The van der Waals surface area contributed by atoms with Gasteiger partial charge in [0, 0.05) is 12.7 Å². The molecule has 0 aromatic carbocycles. The number of hydrogen-bond acceptors (Lipinski definition) is 3. The summed E-state index contributed by atoms with van der Waals surface area (Å²) >= 11 is 1.14. The van der Waals surface area contributed by atoms with Crippen LogP contribution in [-0.2, 0) is 4.79 Å². The fourth-order valence-electron chi connectivity index (χ4n) is 0.189. The number of hydrogen-bond donors (Lipinski definition) is 1. The minimum Gasteiger partial charge on any atom is -0.396 e. The maximum absolute atomic E-state index is 10.1. The van der Waals surface area contributed by atoms with E-state index in [4.69, 9.17) is 5.11 Å². The lowest BCUT2D eigenvalue weighted by atomic mass is 10.9. The number of carbonyl (C=O) groups is 1. The smallest absolute Gasteiger partial charge is 0.185 e. The number of carbonyl (C=O) groups excluding carboxylic acids is 1. The van der Waals surface area contributed by atoms with Crippen LogP contribution >= 0.6 is 11.8 Å². The molecule has 3 heteroatoms. The summed E-state index contributed by atoms with van der Waals surface area (Å²) in [6.45, 7) is 1.57. The molecule has 0 aromatic rings. The van der Waals surface area contributed by atoms with Gasteiger partial charge in [0.15, 0.2) is 5.12 Å². The van der Waals surface area contributed by atoms with Gasteiger partial charge in [-0.2, -0.15) is 0 Å². The highest BCUT2D eigenvalue weighted by Gasteiger charge is 1.88. The minimum absolute atomic E-state index is 0.0639. The molecule has 7 heavy (non-hydrogen) atoms. The van der Waals surface area contributed by atoms with Crippen molar-refractivity contribution in [2.75, 3.05) is 12.4 Å². The first-order valence-electron chi connectivity index (χ1n) is 2.01. The Bertz CT molecular complexity index is 62.7. The Kier molecular flexibility index (Phi) is 4.14. The first-order valence-corrected chi connectivity index (χ1v) is 3.00. The Balaban J connectivity index is 2.82. The molecule has 1 N–H and O–H groups in total. The van der Waals surface area contributed by atoms with Gasteiger partial charge in [0.25, 0.3) is 0 Å². The van der Waals surface area contributed by atoms with Crippen molar-refractivity contribution in [1.29, 1.82) is 0 Å². The maximum Gasteiger partial charge on any atom is 0.185 e. The molecule has 0 saturated carbocycles. The van der Waals surface area contributed by atoms with Gasteiger partial charge >= 0.3 is 0 Å². The second-order valence-corrected chi connectivity index (χ2v) is 2.34. The van der Waals surface area contributed by atoms with E-state index in [0.717, 1.165) is 11.8 Å². The molecule has 0 heterocycles. The summed E-state index contributed by atoms with van der Waals surface area (Å²) in [4.78, 5) is 10.1. The quantitative estimate of drug-likeness (QED) is 0.568. The van der Waals surface area contributed by atoms with Crippen molar-refractivity contribution >= 4 is 16.9 Å². The van der Waals surface area contributed by atoms with Crippen molar-refractivity contribution in [3.63, 3.8) is 0 Å². The Labute approximate surface area is 46.9 Å². The molecule has 0 amide bonds. The molecule has 0 spiro atoms. The van der Waals surface area contributed by atoms with E-state index in [2.05, 4.69) is 0 Å². The first-order chi connectivity index (χ1) is 3.27. The van der Waals surface area contributed by atoms with Gasteiger partial charge in [-0.25, -0.2) is 0 Å². The molecular weight excluding hydrogens is 112 g/mol. The second-order valence-electron chi connectivity index (χ2n) is 1.06. The summed E-state index contributed by atoms with van der Waals surface area (Å²) in [5, 5.41) is 8.21. The molecule has 0 aliphatic heterocycles. The van der Waals surface area contributed by atoms with Gasteiger partial charge < -0.3 is 5.11 Å². The number of rotatable bonds is 2. The molecule has 42 valence electrons. The number of thioether (sulfide) groups is 1. The Morgan fingerprint density at radius 3 is 2.57 bits per heavy atom. The lowest BCUT2D eigenvalue weighted by molar-refractivity contribution is -0.109. The van der Waals surface area contributed by atoms with Crippen molar-refractivity contribution in [3.05, 3.63) is 0 Å². The van der Waals surface area contributed by atoms with Crippen LogP contribution in [0, 0.1) is 0 Å². The topological polar surface area (TPSA) is 37.3 Å². The highest BCUT2D eigenvalue weighted by molar-refractivity contribution is 8.13. The normalized spacial score (nSPS) is 8.86. The average molecular weight is 120 g/mol. The fourth-order valence-corrected chi connectivity index (χ4v) is 0.568. The van der Waals surface area contributed by atoms with Crippen molar-refractivity contribution in [2.24, 2.45) is 0 Å². The third-order valence-electron chi connectivity index (χ3n) is 0.397. The monoisotopic (exact) mass is 120 g/mol. The van der Waals surface area contributed by atoms with Crippen LogP contribution in [0.25, 0.3) is 0 Å². The van der Waals surface area contributed by atoms with E-state index in [1.165, 1.54) is 6.92 Å². The Morgan fingerprint density at radius 1 is 1.86 bits per heavy atom. The van der Waals surface area contributed by atoms with E-state index in [1.807, 2.05) is 0 Å². The standard InChI is InChI=1S/C4H8O2S/c1-4(6)7-3-2-5/h5H,2-3H2,1H3. The Hall–Kier alpha value is -0.0200. The Morgan fingerprint density at radius 2 is 2.43 bits per heavy atom. The van der Waals surface area contributed by atoms with Gasteiger partial charge in [-0.3, -0.25) is 4.79 Å². The summed E-state index contributed by atoms with van der Waals surface area (Å²) in [5.41, 5.74) is 0. The summed E-state index contributed by atoms with van der Waals surface area (Å²) in [6, 6.07) is 0. The van der Waals surface area contributed by atoms with Crippen LogP contribution < -0.4 is 0 Å². The maximum atomic E-state index is 10.1. The van der Waals surface area contributed by atoms with E-state index in [9.17, 15) is 4.79 Å². The molecule has 0 aromatic heterocycles. The van der Waals surface area contributed by atoms with E-state index < -0.39 is 0 Å². The molecule has 0 aliphatic rings. The van der Waals surface area contributed by atoms with Crippen LogP contribution in [0.3, 0.4) is 0 Å². The van der Waals surface area contributed by atoms with Gasteiger partial charge in [0.1, 0.15) is 0 Å². The zero-order chi connectivity index (χ0) is 5.70. The highest BCUT2D eigenvalue weighted by atomic mass is 32.2. The van der Waals surface area contributed by atoms with E-state index in [-0.39, 0.29) is 11.7 Å². The third-order valence-corrected chi connectivity index (χ3v) is 1.19. The lowest BCUT2D eigenvalue weighted by Crippen LogP contribution is -1.89. The summed E-state index contributed by atoms with van der Waals surface area (Å²) in [7, 11) is 0. The molecule has 0 aliphatic carbocycles. The molecule has 0 fully saturated rings. The van der Waals surface area contributed by atoms with Crippen LogP contribution in [0.5, 0.6) is 0 Å². The predicted octanol–water partition coefficient (Wildman–Crippen LogP) is 0.258. The van der Waals surface area contributed by atoms with Crippen LogP contribution in [0.2, 0.25) is 0 Å². The van der Waals surface area contributed by atoms with Crippen LogP contribution in [0.1, 0.15) is 6.92 Å². The van der Waals surface area contributed by atoms with Gasteiger partial charge in [0.05, 0.1) is 6.61 Å². The van der Waals surface area contributed by atoms with Crippen molar-refractivity contribution in [2.45, 2.75) is 6.92 Å². The van der Waals surface area contributed by atoms with E-state index >= 15 is 0 Å². The van der Waals surface area contributed by atoms with Gasteiger partial charge in [-0.1, -0.05) is 11.8 Å². The van der Waals surface area contributed by atoms with Crippen LogP contribution in [0.4, 0.5) is 0 Å². The fraction of sp³-hybridized carbons (Fsp3) is 0.750. The second kappa shape index (κ2) is 4.15.